The largest absolute Gasteiger partial charge is 0.497 e. The number of ether oxygens (including phenoxy) is 3. The summed E-state index contributed by atoms with van der Waals surface area (Å²) in [5.41, 5.74) is 2.21. The van der Waals surface area contributed by atoms with Crippen LogP contribution in [0, 0.1) is 6.92 Å². The van der Waals surface area contributed by atoms with E-state index in [1.807, 2.05) is 37.3 Å². The van der Waals surface area contributed by atoms with Gasteiger partial charge in [-0.1, -0.05) is 26.0 Å². The van der Waals surface area contributed by atoms with Crippen molar-refractivity contribution in [2.45, 2.75) is 26.7 Å². The Morgan fingerprint density at radius 3 is 2.38 bits per heavy atom. The predicted octanol–water partition coefficient (Wildman–Crippen LogP) is 3.70. The smallest absolute Gasteiger partial charge is 0.258 e. The van der Waals surface area contributed by atoms with E-state index in [-0.39, 0.29) is 12.5 Å². The number of carbonyl (C=O) groups excluding carboxylic acids is 1. The Kier molecular flexibility index (Phi) is 7.33. The molecular formula is C21H27NO4. The van der Waals surface area contributed by atoms with E-state index in [4.69, 9.17) is 14.2 Å². The minimum atomic E-state index is -0.167. The Morgan fingerprint density at radius 2 is 1.73 bits per heavy atom. The molecule has 0 atom stereocenters. The van der Waals surface area contributed by atoms with Crippen LogP contribution >= 0.6 is 0 Å². The minimum Gasteiger partial charge on any atom is -0.497 e. The third kappa shape index (κ3) is 5.99. The molecule has 2 aromatic rings. The van der Waals surface area contributed by atoms with Crippen LogP contribution in [-0.4, -0.2) is 32.8 Å². The second kappa shape index (κ2) is 9.70. The molecule has 2 rings (SSSR count). The molecule has 0 radical (unpaired) electrons. The molecule has 0 unspecified atom stereocenters. The highest BCUT2D eigenvalue weighted by molar-refractivity contribution is 5.77. The van der Waals surface area contributed by atoms with Gasteiger partial charge in [0.2, 0.25) is 0 Å². The van der Waals surface area contributed by atoms with Gasteiger partial charge in [0.1, 0.15) is 23.9 Å². The lowest BCUT2D eigenvalue weighted by Gasteiger charge is -2.15. The Morgan fingerprint density at radius 1 is 1.04 bits per heavy atom. The Balaban J connectivity index is 1.73. The zero-order valence-electron chi connectivity index (χ0n) is 15.9. The van der Waals surface area contributed by atoms with Gasteiger partial charge >= 0.3 is 0 Å². The zero-order chi connectivity index (χ0) is 18.9. The maximum absolute atomic E-state index is 12.0. The van der Waals surface area contributed by atoms with Crippen molar-refractivity contribution in [3.8, 4) is 17.2 Å². The lowest BCUT2D eigenvalue weighted by atomic mass is 10.0. The van der Waals surface area contributed by atoms with Crippen molar-refractivity contribution in [1.82, 2.24) is 5.32 Å². The van der Waals surface area contributed by atoms with Gasteiger partial charge < -0.3 is 19.5 Å². The highest BCUT2D eigenvalue weighted by Gasteiger charge is 2.10. The van der Waals surface area contributed by atoms with Crippen molar-refractivity contribution in [3.63, 3.8) is 0 Å². The molecular weight excluding hydrogens is 330 g/mol. The normalized spacial score (nSPS) is 10.5. The summed E-state index contributed by atoms with van der Waals surface area (Å²) in [5, 5.41) is 2.80. The zero-order valence-corrected chi connectivity index (χ0v) is 15.9. The van der Waals surface area contributed by atoms with Crippen LogP contribution < -0.4 is 19.5 Å². The first kappa shape index (κ1) is 19.6. The molecule has 0 aromatic heterocycles. The molecule has 5 nitrogen and oxygen atoms in total. The number of carbonyl (C=O) groups is 1. The summed E-state index contributed by atoms with van der Waals surface area (Å²) in [6.45, 7) is 7.01. The maximum Gasteiger partial charge on any atom is 0.258 e. The number of nitrogens with one attached hydrogen (secondary N) is 1. The van der Waals surface area contributed by atoms with Crippen molar-refractivity contribution < 1.29 is 19.0 Å². The summed E-state index contributed by atoms with van der Waals surface area (Å²) in [6.07, 6.45) is 0. The quantitative estimate of drug-likeness (QED) is 0.695. The number of hydrogen-bond donors (Lipinski definition) is 1. The molecule has 2 aromatic carbocycles. The minimum absolute atomic E-state index is 0.00823. The van der Waals surface area contributed by atoms with Gasteiger partial charge in [-0.25, -0.2) is 0 Å². The van der Waals surface area contributed by atoms with Crippen LogP contribution in [-0.2, 0) is 4.79 Å². The van der Waals surface area contributed by atoms with Gasteiger partial charge in [-0.2, -0.15) is 0 Å². The van der Waals surface area contributed by atoms with E-state index in [0.29, 0.717) is 19.1 Å². The molecule has 5 heteroatoms. The summed E-state index contributed by atoms with van der Waals surface area (Å²) in [6, 6.07) is 13.4. The lowest BCUT2D eigenvalue weighted by Crippen LogP contribution is -2.32. The number of rotatable bonds is 9. The monoisotopic (exact) mass is 357 g/mol. The van der Waals surface area contributed by atoms with E-state index in [2.05, 4.69) is 31.3 Å². The number of amides is 1. The van der Waals surface area contributed by atoms with Crippen molar-refractivity contribution in [2.24, 2.45) is 0 Å². The standard InChI is InChI=1S/C21H27NO4/c1-15(2)19-10-5-16(3)13-20(19)26-14-21(23)22-11-12-25-18-8-6-17(24-4)7-9-18/h5-10,13,15H,11-12,14H2,1-4H3,(H,22,23). The van der Waals surface area contributed by atoms with E-state index in [1.54, 1.807) is 7.11 Å². The lowest BCUT2D eigenvalue weighted by molar-refractivity contribution is -0.123. The van der Waals surface area contributed by atoms with E-state index < -0.39 is 0 Å². The molecule has 26 heavy (non-hydrogen) atoms. The highest BCUT2D eigenvalue weighted by atomic mass is 16.5. The van der Waals surface area contributed by atoms with Crippen LogP contribution in [0.5, 0.6) is 17.2 Å². The number of hydrogen-bond acceptors (Lipinski definition) is 4. The van der Waals surface area contributed by atoms with Crippen molar-refractivity contribution in [3.05, 3.63) is 53.6 Å². The summed E-state index contributed by atoms with van der Waals surface area (Å²) in [7, 11) is 1.62. The highest BCUT2D eigenvalue weighted by Crippen LogP contribution is 2.27. The fourth-order valence-corrected chi connectivity index (χ4v) is 2.47. The molecule has 0 spiro atoms. The predicted molar refractivity (Wildman–Crippen MR) is 102 cm³/mol. The van der Waals surface area contributed by atoms with Gasteiger partial charge in [0.05, 0.1) is 13.7 Å². The fourth-order valence-electron chi connectivity index (χ4n) is 2.47. The molecule has 0 aliphatic carbocycles. The Labute approximate surface area is 155 Å². The molecule has 0 bridgehead atoms. The number of methoxy groups -OCH3 is 1. The SMILES string of the molecule is COc1ccc(OCCNC(=O)COc2cc(C)ccc2C(C)C)cc1. The number of benzene rings is 2. The molecule has 0 fully saturated rings. The number of aryl methyl sites for hydroxylation is 1. The van der Waals surface area contributed by atoms with Crippen LogP contribution in [0.25, 0.3) is 0 Å². The van der Waals surface area contributed by atoms with E-state index in [9.17, 15) is 4.79 Å². The first-order valence-electron chi connectivity index (χ1n) is 8.76. The fraction of sp³-hybridized carbons (Fsp3) is 0.381. The molecule has 0 heterocycles. The third-order valence-corrected chi connectivity index (χ3v) is 3.90. The van der Waals surface area contributed by atoms with Gasteiger partial charge in [0.25, 0.3) is 5.91 Å². The average Bonchev–Trinajstić information content (AvgIpc) is 2.64. The van der Waals surface area contributed by atoms with Crippen molar-refractivity contribution in [2.75, 3.05) is 26.9 Å². The van der Waals surface area contributed by atoms with Crippen LogP contribution in [0.15, 0.2) is 42.5 Å². The average molecular weight is 357 g/mol. The summed E-state index contributed by atoms with van der Waals surface area (Å²) >= 11 is 0. The van der Waals surface area contributed by atoms with Crippen molar-refractivity contribution in [1.29, 1.82) is 0 Å². The van der Waals surface area contributed by atoms with Crippen LogP contribution in [0.1, 0.15) is 30.9 Å². The van der Waals surface area contributed by atoms with Crippen LogP contribution in [0.3, 0.4) is 0 Å². The van der Waals surface area contributed by atoms with E-state index >= 15 is 0 Å². The van der Waals surface area contributed by atoms with Crippen LogP contribution in [0.4, 0.5) is 0 Å². The molecule has 1 amide bonds. The van der Waals surface area contributed by atoms with Gasteiger partial charge in [-0.3, -0.25) is 4.79 Å². The summed E-state index contributed by atoms with van der Waals surface area (Å²) in [4.78, 5) is 12.0. The molecule has 1 N–H and O–H groups in total. The Bertz CT molecular complexity index is 710. The van der Waals surface area contributed by atoms with Gasteiger partial charge in [-0.15, -0.1) is 0 Å². The molecule has 0 aliphatic heterocycles. The van der Waals surface area contributed by atoms with Crippen molar-refractivity contribution >= 4 is 5.91 Å². The van der Waals surface area contributed by atoms with Crippen LogP contribution in [0.2, 0.25) is 0 Å². The molecule has 0 saturated heterocycles. The summed E-state index contributed by atoms with van der Waals surface area (Å²) < 4.78 is 16.4. The van der Waals surface area contributed by atoms with Gasteiger partial charge in [0.15, 0.2) is 6.61 Å². The van der Waals surface area contributed by atoms with Gasteiger partial charge in [-0.05, 0) is 54.3 Å². The topological polar surface area (TPSA) is 56.8 Å². The maximum atomic E-state index is 12.0. The summed E-state index contributed by atoms with van der Waals surface area (Å²) in [5.74, 6) is 2.45. The first-order valence-corrected chi connectivity index (χ1v) is 8.76. The first-order chi connectivity index (χ1) is 12.5. The molecule has 0 saturated carbocycles. The molecule has 140 valence electrons. The Hall–Kier alpha value is -2.69. The van der Waals surface area contributed by atoms with Gasteiger partial charge in [0, 0.05) is 0 Å². The second-order valence-electron chi connectivity index (χ2n) is 6.36. The third-order valence-electron chi connectivity index (χ3n) is 3.90. The molecule has 0 aliphatic rings. The second-order valence-corrected chi connectivity index (χ2v) is 6.36. The van der Waals surface area contributed by atoms with E-state index in [0.717, 1.165) is 28.4 Å². The van der Waals surface area contributed by atoms with E-state index in [1.165, 1.54) is 0 Å².